The normalized spacial score (nSPS) is 10.2. The van der Waals surface area contributed by atoms with E-state index in [2.05, 4.69) is 0 Å². The summed E-state index contributed by atoms with van der Waals surface area (Å²) in [6, 6.07) is 5.46. The van der Waals surface area contributed by atoms with Crippen molar-refractivity contribution in [3.63, 3.8) is 0 Å². The lowest BCUT2D eigenvalue weighted by atomic mass is 10.1. The molecule has 0 spiro atoms. The molecule has 0 saturated carbocycles. The largest absolute Gasteiger partial charge is 0.493 e. The third kappa shape index (κ3) is 3.00. The van der Waals surface area contributed by atoms with Crippen molar-refractivity contribution in [2.75, 3.05) is 13.3 Å². The molecule has 1 aromatic rings. The van der Waals surface area contributed by atoms with E-state index in [1.807, 2.05) is 19.1 Å². The standard InChI is InChI=1S/C11H15FO2/c1-9-7-11(14-6-2-5-12)4-3-10(9)8-13/h3-4,7,13H,2,5-6,8H2,1H3. The monoisotopic (exact) mass is 198 g/mol. The van der Waals surface area contributed by atoms with Crippen LogP contribution in [0.1, 0.15) is 17.5 Å². The molecule has 0 aliphatic rings. The van der Waals surface area contributed by atoms with Crippen molar-refractivity contribution < 1.29 is 14.2 Å². The number of hydrogen-bond donors (Lipinski definition) is 1. The first-order valence-electron chi connectivity index (χ1n) is 4.67. The number of aliphatic hydroxyl groups excluding tert-OH is 1. The van der Waals surface area contributed by atoms with E-state index in [1.165, 1.54) is 0 Å². The van der Waals surface area contributed by atoms with Gasteiger partial charge in [-0.15, -0.1) is 0 Å². The molecule has 0 aromatic heterocycles. The average Bonchev–Trinajstić information content (AvgIpc) is 2.18. The van der Waals surface area contributed by atoms with Gasteiger partial charge in [-0.2, -0.15) is 0 Å². The number of halogens is 1. The minimum atomic E-state index is -0.353. The van der Waals surface area contributed by atoms with Gasteiger partial charge in [0.25, 0.3) is 0 Å². The molecular formula is C11H15FO2. The Morgan fingerprint density at radius 2 is 2.21 bits per heavy atom. The molecule has 0 fully saturated rings. The van der Waals surface area contributed by atoms with Gasteiger partial charge >= 0.3 is 0 Å². The quantitative estimate of drug-likeness (QED) is 0.735. The van der Waals surface area contributed by atoms with Gasteiger partial charge in [0.05, 0.1) is 19.9 Å². The zero-order chi connectivity index (χ0) is 10.4. The fourth-order valence-electron chi connectivity index (χ4n) is 1.18. The average molecular weight is 198 g/mol. The first kappa shape index (κ1) is 11.0. The molecule has 0 aliphatic carbocycles. The van der Waals surface area contributed by atoms with Gasteiger partial charge in [0.1, 0.15) is 5.75 Å². The predicted octanol–water partition coefficient (Wildman–Crippen LogP) is 2.23. The van der Waals surface area contributed by atoms with Crippen LogP contribution in [0, 0.1) is 6.92 Å². The van der Waals surface area contributed by atoms with Gasteiger partial charge in [-0.1, -0.05) is 6.07 Å². The highest BCUT2D eigenvalue weighted by Gasteiger charge is 1.99. The van der Waals surface area contributed by atoms with E-state index in [9.17, 15) is 4.39 Å². The summed E-state index contributed by atoms with van der Waals surface area (Å²) in [6.45, 7) is 1.99. The molecule has 78 valence electrons. The molecule has 14 heavy (non-hydrogen) atoms. The van der Waals surface area contributed by atoms with Crippen LogP contribution in [0.25, 0.3) is 0 Å². The molecular weight excluding hydrogens is 183 g/mol. The summed E-state index contributed by atoms with van der Waals surface area (Å²) in [4.78, 5) is 0. The number of ether oxygens (including phenoxy) is 1. The minimum Gasteiger partial charge on any atom is -0.493 e. The number of aryl methyl sites for hydroxylation is 1. The number of rotatable bonds is 5. The molecule has 1 aromatic carbocycles. The Hall–Kier alpha value is -1.09. The Bertz CT molecular complexity index is 287. The van der Waals surface area contributed by atoms with Gasteiger partial charge in [-0.25, -0.2) is 0 Å². The first-order chi connectivity index (χ1) is 6.77. The van der Waals surface area contributed by atoms with Crippen molar-refractivity contribution in [2.24, 2.45) is 0 Å². The molecule has 0 aliphatic heterocycles. The Morgan fingerprint density at radius 1 is 1.43 bits per heavy atom. The molecule has 0 heterocycles. The van der Waals surface area contributed by atoms with Crippen LogP contribution in [0.5, 0.6) is 5.75 Å². The van der Waals surface area contributed by atoms with Crippen molar-refractivity contribution >= 4 is 0 Å². The topological polar surface area (TPSA) is 29.5 Å². The van der Waals surface area contributed by atoms with Crippen LogP contribution in [0.4, 0.5) is 4.39 Å². The van der Waals surface area contributed by atoms with Gasteiger partial charge in [0.2, 0.25) is 0 Å². The van der Waals surface area contributed by atoms with Crippen molar-refractivity contribution in [2.45, 2.75) is 20.0 Å². The van der Waals surface area contributed by atoms with E-state index >= 15 is 0 Å². The van der Waals surface area contributed by atoms with Crippen LogP contribution < -0.4 is 4.74 Å². The summed E-state index contributed by atoms with van der Waals surface area (Å²) < 4.78 is 17.1. The molecule has 0 saturated heterocycles. The summed E-state index contributed by atoms with van der Waals surface area (Å²) in [5.41, 5.74) is 1.88. The molecule has 0 bridgehead atoms. The molecule has 3 heteroatoms. The maximum atomic E-state index is 11.8. The van der Waals surface area contributed by atoms with E-state index in [4.69, 9.17) is 9.84 Å². The highest BCUT2D eigenvalue weighted by molar-refractivity contribution is 5.34. The third-order valence-corrected chi connectivity index (χ3v) is 2.03. The van der Waals surface area contributed by atoms with Crippen molar-refractivity contribution in [3.05, 3.63) is 29.3 Å². The van der Waals surface area contributed by atoms with Crippen molar-refractivity contribution in [1.82, 2.24) is 0 Å². The van der Waals surface area contributed by atoms with Gasteiger partial charge in [-0.05, 0) is 30.2 Å². The van der Waals surface area contributed by atoms with E-state index in [-0.39, 0.29) is 13.3 Å². The maximum Gasteiger partial charge on any atom is 0.119 e. The predicted molar refractivity (Wildman–Crippen MR) is 53.2 cm³/mol. The Balaban J connectivity index is 2.57. The Kier molecular flexibility index (Phi) is 4.40. The highest BCUT2D eigenvalue weighted by Crippen LogP contribution is 2.17. The summed E-state index contributed by atoms with van der Waals surface area (Å²) in [5.74, 6) is 0.730. The second-order valence-electron chi connectivity index (χ2n) is 3.14. The van der Waals surface area contributed by atoms with Crippen LogP contribution in [0.3, 0.4) is 0 Å². The lowest BCUT2D eigenvalue weighted by molar-refractivity contribution is 0.278. The summed E-state index contributed by atoms with van der Waals surface area (Å²) in [7, 11) is 0. The van der Waals surface area contributed by atoms with Crippen LogP contribution in [-0.2, 0) is 6.61 Å². The first-order valence-corrected chi connectivity index (χ1v) is 4.67. The highest BCUT2D eigenvalue weighted by atomic mass is 19.1. The Labute approximate surface area is 83.3 Å². The van der Waals surface area contributed by atoms with Crippen LogP contribution >= 0.6 is 0 Å². The summed E-state index contributed by atoms with van der Waals surface area (Å²) >= 11 is 0. The number of benzene rings is 1. The van der Waals surface area contributed by atoms with Gasteiger partial charge in [-0.3, -0.25) is 4.39 Å². The SMILES string of the molecule is Cc1cc(OCCCF)ccc1CO. The second kappa shape index (κ2) is 5.60. The van der Waals surface area contributed by atoms with Gasteiger partial charge in [0.15, 0.2) is 0 Å². The summed E-state index contributed by atoms with van der Waals surface area (Å²) in [6.07, 6.45) is 0.417. The van der Waals surface area contributed by atoms with E-state index in [0.717, 1.165) is 16.9 Å². The second-order valence-corrected chi connectivity index (χ2v) is 3.14. The molecule has 0 radical (unpaired) electrons. The van der Waals surface area contributed by atoms with Gasteiger partial charge in [0, 0.05) is 6.42 Å². The molecule has 2 nitrogen and oxygen atoms in total. The van der Waals surface area contributed by atoms with Gasteiger partial charge < -0.3 is 9.84 Å². The van der Waals surface area contributed by atoms with E-state index < -0.39 is 0 Å². The molecule has 0 atom stereocenters. The van der Waals surface area contributed by atoms with E-state index in [0.29, 0.717) is 13.0 Å². The van der Waals surface area contributed by atoms with Crippen LogP contribution in [-0.4, -0.2) is 18.4 Å². The molecule has 1 rings (SSSR count). The smallest absolute Gasteiger partial charge is 0.119 e. The third-order valence-electron chi connectivity index (χ3n) is 2.03. The fraction of sp³-hybridized carbons (Fsp3) is 0.455. The van der Waals surface area contributed by atoms with Crippen LogP contribution in [0.2, 0.25) is 0 Å². The Morgan fingerprint density at radius 3 is 2.79 bits per heavy atom. The number of alkyl halides is 1. The van der Waals surface area contributed by atoms with Crippen LogP contribution in [0.15, 0.2) is 18.2 Å². The minimum absolute atomic E-state index is 0.0383. The maximum absolute atomic E-state index is 11.8. The summed E-state index contributed by atoms with van der Waals surface area (Å²) in [5, 5.41) is 8.93. The molecule has 0 amide bonds. The molecule has 1 N–H and O–H groups in total. The number of aliphatic hydroxyl groups is 1. The van der Waals surface area contributed by atoms with Crippen molar-refractivity contribution in [3.8, 4) is 5.75 Å². The molecule has 0 unspecified atom stereocenters. The van der Waals surface area contributed by atoms with Crippen molar-refractivity contribution in [1.29, 1.82) is 0 Å². The zero-order valence-electron chi connectivity index (χ0n) is 8.29. The number of hydrogen-bond acceptors (Lipinski definition) is 2. The lowest BCUT2D eigenvalue weighted by Gasteiger charge is -2.07. The lowest BCUT2D eigenvalue weighted by Crippen LogP contribution is -1.99. The zero-order valence-corrected chi connectivity index (χ0v) is 8.29. The fourth-order valence-corrected chi connectivity index (χ4v) is 1.18. The van der Waals surface area contributed by atoms with E-state index in [1.54, 1.807) is 6.07 Å².